The molecule has 114 valence electrons. The first-order valence-corrected chi connectivity index (χ1v) is 8.08. The number of hydrogen-bond donors (Lipinski definition) is 1. The van der Waals surface area contributed by atoms with E-state index in [0.29, 0.717) is 5.92 Å². The van der Waals surface area contributed by atoms with Crippen LogP contribution in [0.15, 0.2) is 11.6 Å². The van der Waals surface area contributed by atoms with Crippen LogP contribution in [0, 0.1) is 16.7 Å². The molecule has 0 aromatic heterocycles. The van der Waals surface area contributed by atoms with Crippen molar-refractivity contribution in [3.63, 3.8) is 0 Å². The average Bonchev–Trinajstić information content (AvgIpc) is 2.71. The van der Waals surface area contributed by atoms with Crippen LogP contribution >= 0.6 is 0 Å². The maximum absolute atomic E-state index is 9.24. The number of aliphatic hydroxyl groups excluding tert-OH is 1. The Hall–Kier alpha value is -0.380. The minimum atomic E-state index is -0.00424. The molecule has 3 aliphatic rings. The van der Waals surface area contributed by atoms with Crippen molar-refractivity contribution in [2.45, 2.75) is 65.3 Å². The van der Waals surface area contributed by atoms with Gasteiger partial charge in [0.1, 0.15) is 0 Å². The van der Waals surface area contributed by atoms with E-state index in [1.165, 1.54) is 12.0 Å². The van der Waals surface area contributed by atoms with E-state index in [0.717, 1.165) is 32.3 Å². The summed E-state index contributed by atoms with van der Waals surface area (Å²) in [6.07, 6.45) is 7.95. The maximum Gasteiger partial charge on any atom is 0.157 e. The van der Waals surface area contributed by atoms with Crippen LogP contribution in [-0.2, 0) is 9.47 Å². The molecule has 0 aromatic rings. The molecule has 2 aliphatic carbocycles. The molecule has 1 aliphatic heterocycles. The highest BCUT2D eigenvalue weighted by atomic mass is 16.7. The molecule has 0 radical (unpaired) electrons. The van der Waals surface area contributed by atoms with Crippen LogP contribution in [-0.4, -0.2) is 30.7 Å². The summed E-state index contributed by atoms with van der Waals surface area (Å²) in [4.78, 5) is 0. The zero-order valence-corrected chi connectivity index (χ0v) is 13.0. The average molecular weight is 280 g/mol. The first kappa shape index (κ1) is 14.6. The SMILES string of the molecule is CC1(C)[C@@H]2C[C@@H](OC3CCCCO3)[C@@]1(C)C=C2CCO. The van der Waals surface area contributed by atoms with Crippen molar-refractivity contribution >= 4 is 0 Å². The highest BCUT2D eigenvalue weighted by Crippen LogP contribution is 2.65. The largest absolute Gasteiger partial charge is 0.396 e. The summed E-state index contributed by atoms with van der Waals surface area (Å²) in [5.41, 5.74) is 1.73. The van der Waals surface area contributed by atoms with Gasteiger partial charge >= 0.3 is 0 Å². The molecule has 1 saturated heterocycles. The van der Waals surface area contributed by atoms with Gasteiger partial charge in [-0.15, -0.1) is 0 Å². The molecule has 0 spiro atoms. The Bertz CT molecular complexity index is 395. The Kier molecular flexibility index (Phi) is 3.72. The quantitative estimate of drug-likeness (QED) is 0.803. The van der Waals surface area contributed by atoms with Crippen molar-refractivity contribution in [1.29, 1.82) is 0 Å². The normalized spacial score (nSPS) is 42.8. The zero-order chi connectivity index (χ0) is 14.4. The van der Waals surface area contributed by atoms with Gasteiger partial charge in [-0.1, -0.05) is 32.4 Å². The third-order valence-corrected chi connectivity index (χ3v) is 6.17. The van der Waals surface area contributed by atoms with Gasteiger partial charge in [-0.25, -0.2) is 0 Å². The summed E-state index contributed by atoms with van der Waals surface area (Å²) < 4.78 is 12.1. The third-order valence-electron chi connectivity index (χ3n) is 6.17. The molecule has 4 atom stereocenters. The smallest absolute Gasteiger partial charge is 0.157 e. The van der Waals surface area contributed by atoms with E-state index >= 15 is 0 Å². The van der Waals surface area contributed by atoms with E-state index in [1.807, 2.05) is 0 Å². The third kappa shape index (κ3) is 2.06. The molecule has 3 rings (SSSR count). The molecule has 2 bridgehead atoms. The zero-order valence-electron chi connectivity index (χ0n) is 13.0. The summed E-state index contributed by atoms with van der Waals surface area (Å²) in [5, 5.41) is 9.24. The summed E-state index contributed by atoms with van der Waals surface area (Å²) in [6.45, 7) is 8.12. The van der Waals surface area contributed by atoms with E-state index in [1.54, 1.807) is 0 Å². The van der Waals surface area contributed by atoms with Crippen molar-refractivity contribution in [3.05, 3.63) is 11.6 Å². The Morgan fingerprint density at radius 3 is 2.70 bits per heavy atom. The molecule has 3 nitrogen and oxygen atoms in total. The van der Waals surface area contributed by atoms with Gasteiger partial charge in [-0.2, -0.15) is 0 Å². The van der Waals surface area contributed by atoms with Crippen molar-refractivity contribution in [1.82, 2.24) is 0 Å². The first-order valence-electron chi connectivity index (χ1n) is 8.08. The van der Waals surface area contributed by atoms with Crippen LogP contribution in [0.5, 0.6) is 0 Å². The minimum absolute atomic E-state index is 0.00424. The summed E-state index contributed by atoms with van der Waals surface area (Å²) in [6, 6.07) is 0. The van der Waals surface area contributed by atoms with E-state index < -0.39 is 0 Å². The fourth-order valence-corrected chi connectivity index (χ4v) is 4.50. The topological polar surface area (TPSA) is 38.7 Å². The van der Waals surface area contributed by atoms with E-state index in [2.05, 4.69) is 26.8 Å². The second-order valence-corrected chi connectivity index (χ2v) is 7.41. The van der Waals surface area contributed by atoms with Crippen molar-refractivity contribution < 1.29 is 14.6 Å². The molecule has 1 unspecified atom stereocenters. The first-order chi connectivity index (χ1) is 9.49. The number of ether oxygens (including phenoxy) is 2. The minimum Gasteiger partial charge on any atom is -0.396 e. The number of rotatable bonds is 4. The van der Waals surface area contributed by atoms with Crippen molar-refractivity contribution in [2.24, 2.45) is 16.7 Å². The van der Waals surface area contributed by atoms with Crippen molar-refractivity contribution in [2.75, 3.05) is 13.2 Å². The van der Waals surface area contributed by atoms with Gasteiger partial charge in [0.15, 0.2) is 6.29 Å². The van der Waals surface area contributed by atoms with Gasteiger partial charge in [0.05, 0.1) is 6.10 Å². The lowest BCUT2D eigenvalue weighted by Gasteiger charge is -2.39. The van der Waals surface area contributed by atoms with E-state index in [-0.39, 0.29) is 29.8 Å². The van der Waals surface area contributed by atoms with Crippen LogP contribution in [0.25, 0.3) is 0 Å². The predicted octanol–water partition coefficient (Wildman–Crippen LogP) is 3.27. The number of hydrogen-bond acceptors (Lipinski definition) is 3. The fraction of sp³-hybridized carbons (Fsp3) is 0.882. The second kappa shape index (κ2) is 5.11. The van der Waals surface area contributed by atoms with Gasteiger partial charge in [0.25, 0.3) is 0 Å². The second-order valence-electron chi connectivity index (χ2n) is 7.41. The van der Waals surface area contributed by atoms with E-state index in [9.17, 15) is 5.11 Å². The van der Waals surface area contributed by atoms with Gasteiger partial charge in [-0.3, -0.25) is 0 Å². The Morgan fingerprint density at radius 1 is 1.35 bits per heavy atom. The Labute approximate surface area is 122 Å². The van der Waals surface area contributed by atoms with Crippen LogP contribution in [0.4, 0.5) is 0 Å². The lowest BCUT2D eigenvalue weighted by atomic mass is 9.69. The fourth-order valence-electron chi connectivity index (χ4n) is 4.50. The number of fused-ring (bicyclic) bond motifs is 2. The van der Waals surface area contributed by atoms with E-state index in [4.69, 9.17) is 9.47 Å². The van der Waals surface area contributed by atoms with Crippen LogP contribution < -0.4 is 0 Å². The molecule has 20 heavy (non-hydrogen) atoms. The summed E-state index contributed by atoms with van der Waals surface area (Å²) in [7, 11) is 0. The lowest BCUT2D eigenvalue weighted by Crippen LogP contribution is -2.39. The molecule has 3 heteroatoms. The van der Waals surface area contributed by atoms with Gasteiger partial charge in [0, 0.05) is 18.6 Å². The molecule has 1 N–H and O–H groups in total. The highest BCUT2D eigenvalue weighted by Gasteiger charge is 2.62. The lowest BCUT2D eigenvalue weighted by molar-refractivity contribution is -0.205. The molecule has 1 saturated carbocycles. The van der Waals surface area contributed by atoms with Gasteiger partial charge in [0.2, 0.25) is 0 Å². The molecular weight excluding hydrogens is 252 g/mol. The van der Waals surface area contributed by atoms with Crippen LogP contribution in [0.3, 0.4) is 0 Å². The number of aliphatic hydroxyl groups is 1. The Balaban J connectivity index is 1.75. The monoisotopic (exact) mass is 280 g/mol. The van der Waals surface area contributed by atoms with Crippen molar-refractivity contribution in [3.8, 4) is 0 Å². The molecule has 2 fully saturated rings. The molecule has 1 heterocycles. The highest BCUT2D eigenvalue weighted by molar-refractivity contribution is 5.33. The molecule has 0 amide bonds. The summed E-state index contributed by atoms with van der Waals surface area (Å²) in [5.74, 6) is 0.549. The maximum atomic E-state index is 9.24. The molecular formula is C17H28O3. The molecule has 0 aromatic carbocycles. The summed E-state index contributed by atoms with van der Waals surface area (Å²) >= 11 is 0. The van der Waals surface area contributed by atoms with Crippen LogP contribution in [0.2, 0.25) is 0 Å². The van der Waals surface area contributed by atoms with Gasteiger partial charge < -0.3 is 14.6 Å². The predicted molar refractivity (Wildman–Crippen MR) is 78.2 cm³/mol. The Morgan fingerprint density at radius 2 is 2.15 bits per heavy atom. The van der Waals surface area contributed by atoms with Gasteiger partial charge in [-0.05, 0) is 43.4 Å². The van der Waals surface area contributed by atoms with Crippen LogP contribution in [0.1, 0.15) is 52.9 Å². The standard InChI is InChI=1S/C17H28O3/c1-16(2)13-10-14(20-15-6-4-5-9-19-15)17(16,3)11-12(13)7-8-18/h11,13-15,18H,4-10H2,1-3H3/t13-,14-,15?,17-/m1/s1.